The van der Waals surface area contributed by atoms with Crippen LogP contribution in [0.2, 0.25) is 0 Å². The molecule has 0 fully saturated rings. The van der Waals surface area contributed by atoms with Crippen molar-refractivity contribution in [2.45, 2.75) is 0 Å². The molecule has 0 radical (unpaired) electrons. The molecule has 54 valence electrons. The minimum atomic E-state index is -3.96. The van der Waals surface area contributed by atoms with Crippen LogP contribution in [0.15, 0.2) is 10.6 Å². The zero-order chi connectivity index (χ0) is 7.49. The van der Waals surface area contributed by atoms with Gasteiger partial charge in [-0.05, 0) is 6.08 Å². The zero-order valence-corrected chi connectivity index (χ0v) is 6.70. The lowest BCUT2D eigenvalue weighted by Crippen LogP contribution is -1.81. The highest BCUT2D eigenvalue weighted by molar-refractivity contribution is 7.51. The highest BCUT2D eigenvalue weighted by Crippen LogP contribution is 2.34. The van der Waals surface area contributed by atoms with E-state index in [1.165, 1.54) is 0 Å². The van der Waals surface area contributed by atoms with Crippen LogP contribution in [-0.2, 0) is 4.57 Å². The Morgan fingerprint density at radius 3 is 2.11 bits per heavy atom. The molecule has 0 saturated carbocycles. The van der Waals surface area contributed by atoms with E-state index in [0.717, 1.165) is 6.08 Å². The topological polar surface area (TPSA) is 57.5 Å². The summed E-state index contributed by atoms with van der Waals surface area (Å²) in [4.78, 5) is 16.4. The van der Waals surface area contributed by atoms with Crippen molar-refractivity contribution < 1.29 is 14.4 Å². The van der Waals surface area contributed by atoms with Gasteiger partial charge in [-0.2, -0.15) is 0 Å². The summed E-state index contributed by atoms with van der Waals surface area (Å²) in [6.45, 7) is 0. The lowest BCUT2D eigenvalue weighted by atomic mass is 10.8. The van der Waals surface area contributed by atoms with Gasteiger partial charge in [0.2, 0.25) is 0 Å². The Morgan fingerprint density at radius 2 is 2.00 bits per heavy atom. The number of rotatable bonds is 2. The first-order chi connectivity index (χ1) is 3.92. The van der Waals surface area contributed by atoms with Gasteiger partial charge in [0.25, 0.3) is 0 Å². The molecule has 0 bridgehead atoms. The van der Waals surface area contributed by atoms with Crippen LogP contribution in [0, 0.1) is 0 Å². The molecular weight excluding hydrogens is 186 g/mol. The van der Waals surface area contributed by atoms with Gasteiger partial charge in [-0.3, -0.25) is 4.57 Å². The van der Waals surface area contributed by atoms with Crippen LogP contribution < -0.4 is 0 Å². The molecule has 0 aliphatic rings. The van der Waals surface area contributed by atoms with Gasteiger partial charge in [0.1, 0.15) is 4.49 Å². The Balaban J connectivity index is 3.79. The van der Waals surface area contributed by atoms with E-state index in [1.54, 1.807) is 0 Å². The van der Waals surface area contributed by atoms with Crippen molar-refractivity contribution in [1.82, 2.24) is 0 Å². The van der Waals surface area contributed by atoms with Gasteiger partial charge in [0, 0.05) is 0 Å². The third-order valence-corrected chi connectivity index (χ3v) is 1.45. The van der Waals surface area contributed by atoms with Crippen molar-refractivity contribution in [2.24, 2.45) is 0 Å². The lowest BCUT2D eigenvalue weighted by molar-refractivity contribution is 0.377. The van der Waals surface area contributed by atoms with Crippen LogP contribution in [0.1, 0.15) is 0 Å². The summed E-state index contributed by atoms with van der Waals surface area (Å²) >= 11 is 10.1. The second-order valence-electron chi connectivity index (χ2n) is 1.34. The molecule has 0 rings (SSSR count). The van der Waals surface area contributed by atoms with E-state index in [9.17, 15) is 4.57 Å². The van der Waals surface area contributed by atoms with E-state index >= 15 is 0 Å². The largest absolute Gasteiger partial charge is 0.329 e. The summed E-state index contributed by atoms with van der Waals surface area (Å²) in [5.41, 5.74) is 0. The third-order valence-electron chi connectivity index (χ3n) is 0.483. The normalized spacial score (nSPS) is 11.1. The maximum atomic E-state index is 10.1. The zero-order valence-electron chi connectivity index (χ0n) is 4.29. The molecule has 0 aliphatic carbocycles. The number of hydrogen-bond acceptors (Lipinski definition) is 1. The van der Waals surface area contributed by atoms with Gasteiger partial charge in [-0.15, -0.1) is 0 Å². The first-order valence-corrected chi connectivity index (χ1v) is 4.53. The van der Waals surface area contributed by atoms with Gasteiger partial charge in [-0.25, -0.2) is 0 Å². The Bertz CT molecular complexity index is 156. The second-order valence-corrected chi connectivity index (χ2v) is 4.04. The molecule has 3 nitrogen and oxygen atoms in total. The minimum absolute atomic E-state index is 0.127. The van der Waals surface area contributed by atoms with Crippen LogP contribution >= 0.6 is 30.8 Å². The summed E-state index contributed by atoms with van der Waals surface area (Å²) in [6.07, 6.45) is 0.652. The molecule has 0 aromatic rings. The molecule has 0 amide bonds. The molecule has 0 saturated heterocycles. The summed E-state index contributed by atoms with van der Waals surface area (Å²) < 4.78 is 9.94. The van der Waals surface area contributed by atoms with E-state index < -0.39 is 13.8 Å². The number of allylic oxidation sites excluding steroid dienone is 1. The van der Waals surface area contributed by atoms with Gasteiger partial charge >= 0.3 is 7.60 Å². The van der Waals surface area contributed by atoms with Crippen LogP contribution in [0.25, 0.3) is 0 Å². The summed E-state index contributed by atoms with van der Waals surface area (Å²) in [6, 6.07) is 0. The quantitative estimate of drug-likeness (QED) is 0.649. The van der Waals surface area contributed by atoms with E-state index in [2.05, 4.69) is 0 Å². The fourth-order valence-electron chi connectivity index (χ4n) is 0.188. The number of hydrogen-bond donors (Lipinski definition) is 2. The number of halogens is 2. The molecule has 0 atom stereocenters. The lowest BCUT2D eigenvalue weighted by Gasteiger charge is -1.95. The molecule has 0 aromatic carbocycles. The third kappa shape index (κ3) is 8.47. The van der Waals surface area contributed by atoms with E-state index in [-0.39, 0.29) is 4.49 Å². The van der Waals surface area contributed by atoms with Crippen LogP contribution in [0.4, 0.5) is 0 Å². The van der Waals surface area contributed by atoms with Gasteiger partial charge in [0.15, 0.2) is 0 Å². The molecule has 0 spiro atoms. The van der Waals surface area contributed by atoms with E-state index in [4.69, 9.17) is 33.0 Å². The molecule has 0 unspecified atom stereocenters. The predicted octanol–water partition coefficient (Wildman–Crippen LogP) is 1.48. The summed E-state index contributed by atoms with van der Waals surface area (Å²) in [5, 5.41) is 0. The molecule has 0 aromatic heterocycles. The van der Waals surface area contributed by atoms with E-state index in [0.29, 0.717) is 0 Å². The maximum Gasteiger partial charge on any atom is 0.329 e. The van der Waals surface area contributed by atoms with Gasteiger partial charge in [0.05, 0.1) is 6.16 Å². The molecule has 0 heterocycles. The van der Waals surface area contributed by atoms with E-state index in [1.807, 2.05) is 0 Å². The summed E-state index contributed by atoms with van der Waals surface area (Å²) in [7, 11) is -3.96. The molecule has 2 N–H and O–H groups in total. The smallest absolute Gasteiger partial charge is 0.324 e. The molecular formula is C3H5Cl2O3P. The molecule has 9 heavy (non-hydrogen) atoms. The highest BCUT2D eigenvalue weighted by Gasteiger charge is 2.09. The first-order valence-electron chi connectivity index (χ1n) is 1.97. The van der Waals surface area contributed by atoms with Gasteiger partial charge in [-0.1, -0.05) is 23.2 Å². The Hall–Kier alpha value is 0.470. The van der Waals surface area contributed by atoms with Crippen molar-refractivity contribution in [3.63, 3.8) is 0 Å². The van der Waals surface area contributed by atoms with Crippen LogP contribution in [-0.4, -0.2) is 15.9 Å². The van der Waals surface area contributed by atoms with Crippen molar-refractivity contribution in [3.05, 3.63) is 10.6 Å². The Morgan fingerprint density at radius 1 is 1.56 bits per heavy atom. The van der Waals surface area contributed by atoms with Gasteiger partial charge < -0.3 is 9.79 Å². The fourth-order valence-corrected chi connectivity index (χ4v) is 0.978. The van der Waals surface area contributed by atoms with Crippen LogP contribution in [0.3, 0.4) is 0 Å². The standard InChI is InChI=1S/C3H5Cl2O3P/c4-3(5)1-2-9(6,7)8/h1H,2H2,(H2,6,7,8). The van der Waals surface area contributed by atoms with Crippen molar-refractivity contribution in [3.8, 4) is 0 Å². The second kappa shape index (κ2) is 3.59. The van der Waals surface area contributed by atoms with Crippen LogP contribution in [0.5, 0.6) is 0 Å². The Labute approximate surface area is 62.4 Å². The highest BCUT2D eigenvalue weighted by atomic mass is 35.5. The maximum absolute atomic E-state index is 10.1. The monoisotopic (exact) mass is 190 g/mol. The fraction of sp³-hybridized carbons (Fsp3) is 0.333. The molecule has 6 heteroatoms. The SMILES string of the molecule is O=P(O)(O)CC=C(Cl)Cl. The van der Waals surface area contributed by atoms with Crippen molar-refractivity contribution in [1.29, 1.82) is 0 Å². The summed E-state index contributed by atoms with van der Waals surface area (Å²) in [5.74, 6) is 0. The minimum Gasteiger partial charge on any atom is -0.324 e. The predicted molar refractivity (Wildman–Crippen MR) is 36.7 cm³/mol. The van der Waals surface area contributed by atoms with Crippen molar-refractivity contribution in [2.75, 3.05) is 6.16 Å². The van der Waals surface area contributed by atoms with Crippen molar-refractivity contribution >= 4 is 30.8 Å². The average Bonchev–Trinajstić information content (AvgIpc) is 1.59. The molecule has 0 aliphatic heterocycles. The Kier molecular flexibility index (Phi) is 3.78. The average molecular weight is 191 g/mol. The first kappa shape index (κ1) is 9.47.